The number of rotatable bonds is 15. The first-order chi connectivity index (χ1) is 18.2. The largest absolute Gasteiger partial charge is 0.481 e. The molecule has 0 unspecified atom stereocenters. The number of unbranched alkanes of at least 4 members (excludes halogenated alkanes) is 6. The number of terminal acetylenes is 2. The van der Waals surface area contributed by atoms with Crippen LogP contribution in [0.1, 0.15) is 98.2 Å². The molecule has 0 aromatic carbocycles. The van der Waals surface area contributed by atoms with Gasteiger partial charge in [-0.2, -0.15) is 0 Å². The van der Waals surface area contributed by atoms with Crippen LogP contribution < -0.4 is 5.32 Å². The number of carboxylic acids is 1. The average molecular weight is 512 g/mol. The van der Waals surface area contributed by atoms with Crippen molar-refractivity contribution in [2.24, 2.45) is 5.41 Å². The van der Waals surface area contributed by atoms with E-state index >= 15 is 0 Å². The Labute approximate surface area is 221 Å². The van der Waals surface area contributed by atoms with E-state index in [0.717, 1.165) is 44.9 Å². The first-order valence-corrected chi connectivity index (χ1v) is 12.8. The Morgan fingerprint density at radius 2 is 1.56 bits per heavy atom. The third-order valence-electron chi connectivity index (χ3n) is 5.84. The van der Waals surface area contributed by atoms with Crippen LogP contribution in [-0.2, 0) is 14.4 Å². The topological polar surface area (TPSA) is 127 Å². The molecule has 36 heavy (non-hydrogen) atoms. The minimum atomic E-state index is -0.743. The third kappa shape index (κ3) is 20.8. The molecule has 0 aromatic rings. The van der Waals surface area contributed by atoms with Gasteiger partial charge in [-0.25, -0.2) is 0 Å². The van der Waals surface area contributed by atoms with Crippen molar-refractivity contribution < 1.29 is 31.1 Å². The maximum absolute atomic E-state index is 12.2. The lowest BCUT2D eigenvalue weighted by molar-refractivity contribution is -0.137. The highest BCUT2D eigenvalue weighted by molar-refractivity contribution is 5.76. The Kier molecular flexibility index (Phi) is 21.1. The molecule has 1 heterocycles. The zero-order valence-electron chi connectivity index (χ0n) is 24.1. The minimum absolute atomic E-state index is 0.0359. The molecule has 2 amide bonds. The summed E-state index contributed by atoms with van der Waals surface area (Å²) in [7, 11) is 1.29. The fourth-order valence-corrected chi connectivity index (χ4v) is 3.46. The van der Waals surface area contributed by atoms with Gasteiger partial charge in [-0.15, -0.1) is 24.7 Å². The van der Waals surface area contributed by atoms with Crippen LogP contribution in [0.5, 0.6) is 0 Å². The van der Waals surface area contributed by atoms with Gasteiger partial charge in [-0.05, 0) is 56.8 Å². The molecule has 0 saturated carbocycles. The average Bonchev–Trinajstić information content (AvgIpc) is 2.91. The molecule has 206 valence electrons. The predicted molar refractivity (Wildman–Crippen MR) is 143 cm³/mol. The molecule has 0 spiro atoms. The SMILES string of the molecule is C#CCCCCC(=O)O.[2H]CC1(CO)CCN(C(=O)CCCCCNC(=O)CCCCC#C)CC1.[3H]OC. The lowest BCUT2D eigenvalue weighted by Crippen LogP contribution is -2.43. The summed E-state index contributed by atoms with van der Waals surface area (Å²) in [6.45, 7) is 2.21. The highest BCUT2D eigenvalue weighted by Crippen LogP contribution is 2.30. The molecule has 1 saturated heterocycles. The second kappa shape index (κ2) is 24.2. The van der Waals surface area contributed by atoms with Crippen molar-refractivity contribution in [2.45, 2.75) is 96.8 Å². The first kappa shape index (κ1) is 31.5. The number of hydrogen-bond donors (Lipinski definition) is 4. The van der Waals surface area contributed by atoms with E-state index in [-0.39, 0.29) is 37.2 Å². The van der Waals surface area contributed by atoms with Crippen molar-refractivity contribution in [1.29, 1.82) is 1.43 Å². The van der Waals surface area contributed by atoms with Crippen LogP contribution in [0.15, 0.2) is 0 Å². The summed E-state index contributed by atoms with van der Waals surface area (Å²) in [5.41, 5.74) is -0.310. The molecular weight excluding hydrogens is 460 g/mol. The summed E-state index contributed by atoms with van der Waals surface area (Å²) in [6.07, 6.45) is 20.1. The van der Waals surface area contributed by atoms with E-state index in [1.54, 1.807) is 0 Å². The van der Waals surface area contributed by atoms with Crippen LogP contribution in [0.2, 0.25) is 0 Å². The van der Waals surface area contributed by atoms with Gasteiger partial charge in [0.05, 0.1) is 0 Å². The number of aliphatic hydroxyl groups excluding tert-OH is 2. The fourth-order valence-electron chi connectivity index (χ4n) is 3.46. The number of nitrogens with zero attached hydrogens (tertiary/aromatic N) is 1. The summed E-state index contributed by atoms with van der Waals surface area (Å²) in [4.78, 5) is 35.6. The number of nitrogens with one attached hydrogen (secondary N) is 1. The molecule has 8 heteroatoms. The van der Waals surface area contributed by atoms with Gasteiger partial charge in [0.2, 0.25) is 13.2 Å². The standard InChI is InChI=1S/C20H34N2O3.C7H10O2.CH4O/c1-3-4-5-7-10-18(24)21-14-9-6-8-11-19(25)22-15-12-20(2,17-23)13-16-22;1-2-3-4-5-6-7(8)9;1-2/h1,23H,4-17H2,2H3,(H,21,24);1H,3-6H2,(H,8,9);2H,1H3/i2D;;2T. The van der Waals surface area contributed by atoms with Gasteiger partial charge in [0, 0.05) is 66.8 Å². The quantitative estimate of drug-likeness (QED) is 0.197. The van der Waals surface area contributed by atoms with Crippen molar-refractivity contribution in [3.05, 3.63) is 0 Å². The number of carbonyl (C=O) groups is 3. The Morgan fingerprint density at radius 3 is 2.06 bits per heavy atom. The summed E-state index contributed by atoms with van der Waals surface area (Å²) < 4.78 is 13.3. The molecule has 1 rings (SSSR count). The molecule has 1 aliphatic heterocycles. The van der Waals surface area contributed by atoms with Crippen LogP contribution in [0.3, 0.4) is 0 Å². The first-order valence-electron chi connectivity index (χ1n) is 13.9. The van der Waals surface area contributed by atoms with Crippen molar-refractivity contribution in [3.63, 3.8) is 0 Å². The van der Waals surface area contributed by atoms with Crippen LogP contribution in [-0.4, -0.2) is 72.8 Å². The van der Waals surface area contributed by atoms with Gasteiger partial charge < -0.3 is 25.5 Å². The number of aliphatic carboxylic acids is 1. The number of aliphatic hydroxyl groups is 2. The van der Waals surface area contributed by atoms with Gasteiger partial charge in [0.25, 0.3) is 0 Å². The maximum Gasteiger partial charge on any atom is 0.303 e. The molecule has 4 N–H and O–H groups in total. The van der Waals surface area contributed by atoms with Gasteiger partial charge in [-0.1, -0.05) is 13.3 Å². The zero-order chi connectivity index (χ0) is 29.1. The number of likely N-dealkylation sites (tertiary alicyclic amines) is 1. The summed E-state index contributed by atoms with van der Waals surface area (Å²) >= 11 is 0. The summed E-state index contributed by atoms with van der Waals surface area (Å²) in [5, 5.41) is 24.0. The second-order valence-electron chi connectivity index (χ2n) is 8.92. The molecule has 0 bridgehead atoms. The molecule has 0 aromatic heterocycles. The molecule has 0 aliphatic carbocycles. The monoisotopic (exact) mass is 511 g/mol. The predicted octanol–water partition coefficient (Wildman–Crippen LogP) is 3.35. The highest BCUT2D eigenvalue weighted by Gasteiger charge is 2.30. The van der Waals surface area contributed by atoms with E-state index in [1.807, 2.05) is 4.90 Å². The van der Waals surface area contributed by atoms with Crippen LogP contribution in [0.25, 0.3) is 0 Å². The number of hydrogen-bond acceptors (Lipinski definition) is 5. The molecule has 0 radical (unpaired) electrons. The molecular formula is C28H48N2O6. The lowest BCUT2D eigenvalue weighted by Gasteiger charge is -2.38. The van der Waals surface area contributed by atoms with Crippen molar-refractivity contribution in [1.82, 2.24) is 10.2 Å². The van der Waals surface area contributed by atoms with Crippen molar-refractivity contribution in [2.75, 3.05) is 33.4 Å². The number of amides is 2. The van der Waals surface area contributed by atoms with E-state index in [9.17, 15) is 19.5 Å². The Bertz CT molecular complexity index is 707. The zero-order valence-corrected chi connectivity index (χ0v) is 22.1. The lowest BCUT2D eigenvalue weighted by atomic mass is 9.81. The van der Waals surface area contributed by atoms with E-state index in [2.05, 4.69) is 22.3 Å². The van der Waals surface area contributed by atoms with E-state index < -0.39 is 5.97 Å². The number of piperidine rings is 1. The molecule has 8 nitrogen and oxygen atoms in total. The maximum atomic E-state index is 12.2. The van der Waals surface area contributed by atoms with Gasteiger partial charge in [-0.3, -0.25) is 14.4 Å². The van der Waals surface area contributed by atoms with Crippen LogP contribution >= 0.6 is 0 Å². The normalized spacial score (nSPS) is 14.3. The second-order valence-corrected chi connectivity index (χ2v) is 8.92. The minimum Gasteiger partial charge on any atom is -0.481 e. The van der Waals surface area contributed by atoms with Crippen LogP contribution in [0, 0.1) is 30.1 Å². The fraction of sp³-hybridized carbons (Fsp3) is 0.750. The summed E-state index contributed by atoms with van der Waals surface area (Å²) in [6, 6.07) is 0. The Morgan fingerprint density at radius 1 is 1.00 bits per heavy atom. The summed E-state index contributed by atoms with van der Waals surface area (Å²) in [5.74, 6) is 4.52. The van der Waals surface area contributed by atoms with Crippen molar-refractivity contribution in [3.8, 4) is 24.7 Å². The van der Waals surface area contributed by atoms with Crippen LogP contribution in [0.4, 0.5) is 0 Å². The molecule has 1 fully saturated rings. The van der Waals surface area contributed by atoms with E-state index in [0.29, 0.717) is 58.2 Å². The molecule has 1 aliphatic rings. The number of carboxylic acid groups (broad SMARTS) is 1. The molecule has 0 atom stereocenters. The van der Waals surface area contributed by atoms with Gasteiger partial charge in [0.15, 0.2) is 0 Å². The van der Waals surface area contributed by atoms with Gasteiger partial charge >= 0.3 is 5.97 Å². The third-order valence-corrected chi connectivity index (χ3v) is 5.84. The smallest absolute Gasteiger partial charge is 0.303 e. The van der Waals surface area contributed by atoms with Crippen molar-refractivity contribution >= 4 is 17.8 Å². The van der Waals surface area contributed by atoms with Gasteiger partial charge in [0.1, 0.15) is 0 Å². The Balaban J connectivity index is 0. The van der Waals surface area contributed by atoms with E-state index in [1.165, 1.54) is 7.11 Å². The number of carbonyl (C=O) groups excluding carboxylic acids is 2. The Hall–Kier alpha value is -2.55. The van der Waals surface area contributed by atoms with E-state index in [4.69, 9.17) is 20.8 Å². The highest BCUT2D eigenvalue weighted by atomic mass is 16.4.